The highest BCUT2D eigenvalue weighted by Crippen LogP contribution is 2.32. The van der Waals surface area contributed by atoms with Crippen molar-refractivity contribution in [3.63, 3.8) is 0 Å². The molecule has 1 aromatic heterocycles. The Morgan fingerprint density at radius 3 is 2.61 bits per heavy atom. The van der Waals surface area contributed by atoms with Gasteiger partial charge in [0.1, 0.15) is 10.6 Å². The molecule has 0 bridgehead atoms. The molecule has 9 nitrogen and oxygen atoms in total. The number of ether oxygens (including phenoxy) is 2. The third-order valence-electron chi connectivity index (χ3n) is 5.81. The molecule has 2 aromatic carbocycles. The van der Waals surface area contributed by atoms with Crippen molar-refractivity contribution in [1.29, 1.82) is 0 Å². The van der Waals surface area contributed by atoms with Gasteiger partial charge in [-0.1, -0.05) is 36.4 Å². The molecule has 0 saturated carbocycles. The predicted molar refractivity (Wildman–Crippen MR) is 135 cm³/mol. The molecule has 1 fully saturated rings. The normalized spacial score (nSPS) is 14.7. The predicted octanol–water partition coefficient (Wildman–Crippen LogP) is 3.01. The van der Waals surface area contributed by atoms with E-state index in [1.807, 2.05) is 36.4 Å². The SMILES string of the molecule is O=C(/C=C/c1ccn(S(=O)(=O)c2cc(-c3ccccc3)ccc2OCCCN2CCOCC2)c1)NO. The lowest BCUT2D eigenvalue weighted by atomic mass is 10.1. The van der Waals surface area contributed by atoms with E-state index in [2.05, 4.69) is 4.90 Å². The highest BCUT2D eigenvalue weighted by Gasteiger charge is 2.23. The minimum Gasteiger partial charge on any atom is -0.492 e. The van der Waals surface area contributed by atoms with Crippen LogP contribution in [0.3, 0.4) is 0 Å². The van der Waals surface area contributed by atoms with Gasteiger partial charge in [0.15, 0.2) is 0 Å². The molecule has 0 aliphatic carbocycles. The number of carbonyl (C=O) groups excluding carboxylic acids is 1. The first-order valence-electron chi connectivity index (χ1n) is 11.7. The molecule has 0 unspecified atom stereocenters. The number of amides is 1. The van der Waals surface area contributed by atoms with Gasteiger partial charge < -0.3 is 9.47 Å². The number of hydrogen-bond donors (Lipinski definition) is 2. The van der Waals surface area contributed by atoms with Gasteiger partial charge in [-0.3, -0.25) is 14.9 Å². The Bertz CT molecular complexity index is 1300. The molecule has 1 aliphatic rings. The Morgan fingerprint density at radius 1 is 1.08 bits per heavy atom. The topological polar surface area (TPSA) is 110 Å². The van der Waals surface area contributed by atoms with Gasteiger partial charge in [-0.05, 0) is 47.4 Å². The average molecular weight is 512 g/mol. The van der Waals surface area contributed by atoms with Gasteiger partial charge in [0.2, 0.25) is 0 Å². The van der Waals surface area contributed by atoms with Crippen LogP contribution in [-0.2, 0) is 19.6 Å². The first-order valence-corrected chi connectivity index (χ1v) is 13.1. The van der Waals surface area contributed by atoms with Gasteiger partial charge in [-0.2, -0.15) is 0 Å². The Balaban J connectivity index is 1.58. The van der Waals surface area contributed by atoms with E-state index in [1.165, 1.54) is 23.9 Å². The second-order valence-corrected chi connectivity index (χ2v) is 10.1. The summed E-state index contributed by atoms with van der Waals surface area (Å²) in [6.45, 7) is 4.44. The number of benzene rings is 2. The van der Waals surface area contributed by atoms with E-state index in [-0.39, 0.29) is 10.6 Å². The van der Waals surface area contributed by atoms with Gasteiger partial charge in [0.25, 0.3) is 15.9 Å². The maximum absolute atomic E-state index is 13.6. The van der Waals surface area contributed by atoms with Crippen LogP contribution in [0.1, 0.15) is 12.0 Å². The zero-order chi connectivity index (χ0) is 25.4. The minimum absolute atomic E-state index is 0.0504. The quantitative estimate of drug-likeness (QED) is 0.186. The van der Waals surface area contributed by atoms with Crippen LogP contribution in [0.25, 0.3) is 17.2 Å². The molecule has 10 heteroatoms. The smallest absolute Gasteiger partial charge is 0.271 e. The van der Waals surface area contributed by atoms with E-state index in [9.17, 15) is 13.2 Å². The molecule has 1 aliphatic heterocycles. The zero-order valence-electron chi connectivity index (χ0n) is 19.7. The van der Waals surface area contributed by atoms with Gasteiger partial charge in [-0.25, -0.2) is 17.9 Å². The average Bonchev–Trinajstić information content (AvgIpc) is 3.41. The number of aromatic nitrogens is 1. The lowest BCUT2D eigenvalue weighted by Crippen LogP contribution is -2.37. The fraction of sp³-hybridized carbons (Fsp3) is 0.269. The summed E-state index contributed by atoms with van der Waals surface area (Å²) in [7, 11) is -4.00. The fourth-order valence-corrected chi connectivity index (χ4v) is 5.26. The molecular weight excluding hydrogens is 482 g/mol. The number of morpholine rings is 1. The molecule has 0 radical (unpaired) electrons. The van der Waals surface area contributed by atoms with Crippen molar-refractivity contribution in [2.75, 3.05) is 39.5 Å². The summed E-state index contributed by atoms with van der Waals surface area (Å²) in [5.74, 6) is -0.434. The largest absolute Gasteiger partial charge is 0.492 e. The zero-order valence-corrected chi connectivity index (χ0v) is 20.6. The Labute approximate surface area is 210 Å². The Kier molecular flexibility index (Phi) is 8.55. The summed E-state index contributed by atoms with van der Waals surface area (Å²) in [5, 5.41) is 8.64. The maximum Gasteiger partial charge on any atom is 0.271 e. The second-order valence-electron chi connectivity index (χ2n) is 8.27. The van der Waals surface area contributed by atoms with Crippen molar-refractivity contribution < 1.29 is 27.9 Å². The Morgan fingerprint density at radius 2 is 1.86 bits per heavy atom. The van der Waals surface area contributed by atoms with Crippen LogP contribution in [0.15, 0.2) is 78.0 Å². The summed E-state index contributed by atoms with van der Waals surface area (Å²) >= 11 is 0. The Hall–Kier alpha value is -3.44. The number of nitrogens with zero attached hydrogens (tertiary/aromatic N) is 2. The molecule has 0 atom stereocenters. The van der Waals surface area contributed by atoms with E-state index >= 15 is 0 Å². The second kappa shape index (κ2) is 12.0. The standard InChI is InChI=1S/C26H29N3O6S/c30-26(27-31)10-7-21-11-13-29(20-21)36(32,33)25-19-23(22-5-2-1-3-6-22)8-9-24(25)35-16-4-12-28-14-17-34-18-15-28/h1-3,5-11,13,19-20,31H,4,12,14-18H2,(H,27,30)/b10-7+. The van der Waals surface area contributed by atoms with Crippen LogP contribution in [0.2, 0.25) is 0 Å². The number of carbonyl (C=O) groups is 1. The highest BCUT2D eigenvalue weighted by atomic mass is 32.2. The van der Waals surface area contributed by atoms with Crippen LogP contribution >= 0.6 is 0 Å². The number of nitrogens with one attached hydrogen (secondary N) is 1. The maximum atomic E-state index is 13.6. The van der Waals surface area contributed by atoms with Crippen molar-refractivity contribution in [3.05, 3.63) is 78.6 Å². The van der Waals surface area contributed by atoms with Gasteiger partial charge in [-0.15, -0.1) is 0 Å². The van der Waals surface area contributed by atoms with Crippen molar-refractivity contribution in [2.24, 2.45) is 0 Å². The van der Waals surface area contributed by atoms with Crippen LogP contribution in [-0.4, -0.2) is 67.9 Å². The summed E-state index contributed by atoms with van der Waals surface area (Å²) in [6, 6.07) is 16.2. The van der Waals surface area contributed by atoms with Gasteiger partial charge in [0, 0.05) is 38.1 Å². The first kappa shape index (κ1) is 25.6. The van der Waals surface area contributed by atoms with Crippen molar-refractivity contribution >= 4 is 22.0 Å². The number of hydrogen-bond acceptors (Lipinski definition) is 7. The van der Waals surface area contributed by atoms with E-state index in [0.717, 1.165) is 60.4 Å². The lowest BCUT2D eigenvalue weighted by Gasteiger charge is -2.26. The van der Waals surface area contributed by atoms with Crippen LogP contribution in [0.5, 0.6) is 5.75 Å². The molecule has 190 valence electrons. The summed E-state index contributed by atoms with van der Waals surface area (Å²) in [5.41, 5.74) is 3.62. The van der Waals surface area contributed by atoms with Gasteiger partial charge >= 0.3 is 0 Å². The van der Waals surface area contributed by atoms with Crippen molar-refractivity contribution in [3.8, 4) is 16.9 Å². The summed E-state index contributed by atoms with van der Waals surface area (Å²) in [6.07, 6.45) is 6.06. The van der Waals surface area contributed by atoms with Gasteiger partial charge in [0.05, 0.1) is 19.8 Å². The molecule has 4 rings (SSSR count). The third-order valence-corrected chi connectivity index (χ3v) is 7.47. The van der Waals surface area contributed by atoms with Crippen molar-refractivity contribution in [1.82, 2.24) is 14.4 Å². The molecule has 2 N–H and O–H groups in total. The molecular formula is C26H29N3O6S. The van der Waals surface area contributed by atoms with E-state index in [4.69, 9.17) is 14.7 Å². The molecule has 1 saturated heterocycles. The minimum atomic E-state index is -4.00. The molecule has 36 heavy (non-hydrogen) atoms. The molecule has 2 heterocycles. The molecule has 1 amide bonds. The number of rotatable bonds is 10. The highest BCUT2D eigenvalue weighted by molar-refractivity contribution is 7.90. The van der Waals surface area contributed by atoms with E-state index in [0.29, 0.717) is 12.2 Å². The third kappa shape index (κ3) is 6.41. The number of hydroxylamine groups is 1. The summed E-state index contributed by atoms with van der Waals surface area (Å²) in [4.78, 5) is 13.6. The van der Waals surface area contributed by atoms with Crippen molar-refractivity contribution in [2.45, 2.75) is 11.3 Å². The lowest BCUT2D eigenvalue weighted by molar-refractivity contribution is -0.124. The molecule has 3 aromatic rings. The summed E-state index contributed by atoms with van der Waals surface area (Å²) < 4.78 is 39.7. The molecule has 0 spiro atoms. The van der Waals surface area contributed by atoms with Crippen LogP contribution in [0.4, 0.5) is 0 Å². The van der Waals surface area contributed by atoms with Crippen LogP contribution < -0.4 is 10.2 Å². The van der Waals surface area contributed by atoms with E-state index < -0.39 is 15.9 Å². The van der Waals surface area contributed by atoms with Crippen LogP contribution in [0, 0.1) is 0 Å². The fourth-order valence-electron chi connectivity index (χ4n) is 3.90. The first-order chi connectivity index (χ1) is 17.5. The van der Waals surface area contributed by atoms with E-state index in [1.54, 1.807) is 18.2 Å². The monoisotopic (exact) mass is 511 g/mol.